The number of rotatable bonds is 12. The number of carbonyl (C=O) groups excluding carboxylic acids is 1. The first kappa shape index (κ1) is 26.6. The maximum Gasteiger partial charge on any atom is 0.268 e. The van der Waals surface area contributed by atoms with Crippen LogP contribution >= 0.6 is 0 Å². The smallest absolute Gasteiger partial charge is 0.268 e. The van der Waals surface area contributed by atoms with Gasteiger partial charge in [0.15, 0.2) is 11.5 Å². The first-order valence-corrected chi connectivity index (χ1v) is 12.7. The number of amides is 1. The summed E-state index contributed by atoms with van der Waals surface area (Å²) in [6, 6.07) is 5.97. The van der Waals surface area contributed by atoms with E-state index in [4.69, 9.17) is 4.74 Å². The van der Waals surface area contributed by atoms with Crippen molar-refractivity contribution in [3.8, 4) is 11.5 Å². The van der Waals surface area contributed by atoms with Gasteiger partial charge in [0.2, 0.25) is 0 Å². The highest BCUT2D eigenvalue weighted by atomic mass is 19.1. The second-order valence-corrected chi connectivity index (χ2v) is 9.24. The molecule has 3 heterocycles. The normalized spacial score (nSPS) is 14.5. The minimum absolute atomic E-state index is 0.00273. The Morgan fingerprint density at radius 1 is 1.19 bits per heavy atom. The second-order valence-electron chi connectivity index (χ2n) is 9.24. The molecule has 3 aromatic rings. The van der Waals surface area contributed by atoms with Crippen LogP contribution in [0.4, 0.5) is 4.39 Å². The van der Waals surface area contributed by atoms with Gasteiger partial charge < -0.3 is 25.6 Å². The lowest BCUT2D eigenvalue weighted by Crippen LogP contribution is -2.40. The molecule has 4 rings (SSSR count). The van der Waals surface area contributed by atoms with Crippen LogP contribution in [0.2, 0.25) is 0 Å². The highest BCUT2D eigenvalue weighted by Gasteiger charge is 2.31. The molecule has 9 nitrogen and oxygen atoms in total. The Kier molecular flexibility index (Phi) is 8.73. The molecule has 0 saturated carbocycles. The van der Waals surface area contributed by atoms with Gasteiger partial charge >= 0.3 is 0 Å². The third kappa shape index (κ3) is 5.91. The number of hydrogen-bond donors (Lipinski definition) is 4. The monoisotopic (exact) mass is 512 g/mol. The standard InChI is InChI=1S/C27H33FN4O5/c1-2-3-4-10-29-11-5-12-30-26(35)21-24(34)22-23-25(37-20(16-33)15-32(23)27(21)36)18(14-31-22)13-17-6-8-19(28)9-7-17/h6-9,14,20,29,33-34H,2-5,10-13,15-16H2,1H3,(H,30,35). The second kappa shape index (κ2) is 12.2. The highest BCUT2D eigenvalue weighted by Crippen LogP contribution is 2.37. The van der Waals surface area contributed by atoms with Gasteiger partial charge in [-0.2, -0.15) is 0 Å². The Balaban J connectivity index is 1.60. The van der Waals surface area contributed by atoms with Gasteiger partial charge in [0.05, 0.1) is 13.2 Å². The molecule has 4 N–H and O–H groups in total. The molecule has 0 spiro atoms. The molecule has 1 aliphatic heterocycles. The number of pyridine rings is 2. The molecule has 0 saturated heterocycles. The van der Waals surface area contributed by atoms with E-state index in [1.54, 1.807) is 12.1 Å². The molecule has 1 aromatic carbocycles. The van der Waals surface area contributed by atoms with Gasteiger partial charge in [0.25, 0.3) is 11.5 Å². The number of halogens is 1. The van der Waals surface area contributed by atoms with Gasteiger partial charge in [-0.05, 0) is 43.6 Å². The molecule has 1 aliphatic rings. The molecular weight excluding hydrogens is 479 g/mol. The summed E-state index contributed by atoms with van der Waals surface area (Å²) in [5.41, 5.74) is 0.669. The average Bonchev–Trinajstić information content (AvgIpc) is 2.90. The lowest BCUT2D eigenvalue weighted by Gasteiger charge is -2.28. The molecule has 198 valence electrons. The van der Waals surface area contributed by atoms with Crippen molar-refractivity contribution in [2.24, 2.45) is 0 Å². The summed E-state index contributed by atoms with van der Waals surface area (Å²) >= 11 is 0. The van der Waals surface area contributed by atoms with Gasteiger partial charge in [0.1, 0.15) is 28.5 Å². The third-order valence-corrected chi connectivity index (χ3v) is 6.45. The van der Waals surface area contributed by atoms with E-state index in [0.29, 0.717) is 30.7 Å². The predicted octanol–water partition coefficient (Wildman–Crippen LogP) is 2.49. The lowest BCUT2D eigenvalue weighted by atomic mass is 10.0. The number of nitrogens with one attached hydrogen (secondary N) is 2. The zero-order valence-corrected chi connectivity index (χ0v) is 20.9. The summed E-state index contributed by atoms with van der Waals surface area (Å²) in [7, 11) is 0. The number of aliphatic hydroxyl groups is 1. The lowest BCUT2D eigenvalue weighted by molar-refractivity contribution is 0.0913. The molecule has 1 atom stereocenters. The minimum Gasteiger partial charge on any atom is -0.505 e. The van der Waals surface area contributed by atoms with Gasteiger partial charge in [-0.3, -0.25) is 19.1 Å². The Hall–Kier alpha value is -3.50. The fourth-order valence-corrected chi connectivity index (χ4v) is 4.49. The van der Waals surface area contributed by atoms with Crippen LogP contribution in [0.15, 0.2) is 35.3 Å². The molecule has 10 heteroatoms. The fraction of sp³-hybridized carbons (Fsp3) is 0.444. The van der Waals surface area contributed by atoms with Crippen molar-refractivity contribution in [1.29, 1.82) is 0 Å². The first-order valence-electron chi connectivity index (χ1n) is 12.7. The molecule has 2 aromatic heterocycles. The van der Waals surface area contributed by atoms with Crippen LogP contribution < -0.4 is 20.9 Å². The van der Waals surface area contributed by atoms with Crippen LogP contribution in [0, 0.1) is 5.82 Å². The quantitative estimate of drug-likeness (QED) is 0.275. The number of hydrogen-bond acceptors (Lipinski definition) is 7. The number of nitrogens with zero attached hydrogens (tertiary/aromatic N) is 2. The van der Waals surface area contributed by atoms with Crippen molar-refractivity contribution < 1.29 is 24.1 Å². The van der Waals surface area contributed by atoms with E-state index >= 15 is 0 Å². The Morgan fingerprint density at radius 2 is 1.95 bits per heavy atom. The van der Waals surface area contributed by atoms with Crippen molar-refractivity contribution >= 4 is 16.9 Å². The van der Waals surface area contributed by atoms with E-state index in [9.17, 15) is 24.2 Å². The van der Waals surface area contributed by atoms with Crippen LogP contribution in [-0.2, 0) is 13.0 Å². The van der Waals surface area contributed by atoms with E-state index in [1.807, 2.05) is 0 Å². The van der Waals surface area contributed by atoms with Crippen molar-refractivity contribution in [3.63, 3.8) is 0 Å². The summed E-state index contributed by atoms with van der Waals surface area (Å²) in [5.74, 6) is -1.24. The van der Waals surface area contributed by atoms with E-state index in [1.165, 1.54) is 29.3 Å². The zero-order chi connectivity index (χ0) is 26.4. The maximum atomic E-state index is 13.4. The molecule has 1 unspecified atom stereocenters. The van der Waals surface area contributed by atoms with Gasteiger partial charge in [0, 0.05) is 24.7 Å². The van der Waals surface area contributed by atoms with Crippen molar-refractivity contribution in [1.82, 2.24) is 20.2 Å². The summed E-state index contributed by atoms with van der Waals surface area (Å²) in [6.45, 7) is 3.80. The molecule has 0 aliphatic carbocycles. The number of ether oxygens (including phenoxy) is 1. The fourth-order valence-electron chi connectivity index (χ4n) is 4.49. The Labute approximate surface area is 214 Å². The van der Waals surface area contributed by atoms with Crippen LogP contribution in [-0.4, -0.2) is 58.0 Å². The van der Waals surface area contributed by atoms with E-state index in [-0.39, 0.29) is 35.6 Å². The van der Waals surface area contributed by atoms with Crippen LogP contribution in [0.3, 0.4) is 0 Å². The molecular formula is C27H33FN4O5. The Morgan fingerprint density at radius 3 is 2.68 bits per heavy atom. The van der Waals surface area contributed by atoms with Crippen LogP contribution in [0.25, 0.3) is 11.0 Å². The van der Waals surface area contributed by atoms with Crippen LogP contribution in [0.5, 0.6) is 11.5 Å². The number of benzene rings is 1. The van der Waals surface area contributed by atoms with E-state index in [0.717, 1.165) is 31.5 Å². The van der Waals surface area contributed by atoms with Crippen molar-refractivity contribution in [3.05, 3.63) is 63.3 Å². The Bertz CT molecular complexity index is 1310. The number of aromatic nitrogens is 2. The number of aromatic hydroxyl groups is 1. The number of aliphatic hydroxyl groups excluding tert-OH is 1. The minimum atomic E-state index is -0.720. The summed E-state index contributed by atoms with van der Waals surface area (Å²) in [6.07, 6.45) is 5.22. The zero-order valence-electron chi connectivity index (χ0n) is 20.9. The molecule has 37 heavy (non-hydrogen) atoms. The molecule has 0 fully saturated rings. The largest absolute Gasteiger partial charge is 0.505 e. The number of unbranched alkanes of at least 4 members (excludes halogenated alkanes) is 2. The van der Waals surface area contributed by atoms with Crippen molar-refractivity contribution in [2.75, 3.05) is 26.2 Å². The summed E-state index contributed by atoms with van der Waals surface area (Å²) in [4.78, 5) is 30.7. The van der Waals surface area contributed by atoms with Gasteiger partial charge in [-0.25, -0.2) is 4.39 Å². The predicted molar refractivity (Wildman–Crippen MR) is 138 cm³/mol. The molecule has 0 radical (unpaired) electrons. The van der Waals surface area contributed by atoms with Gasteiger partial charge in [-0.1, -0.05) is 31.9 Å². The van der Waals surface area contributed by atoms with E-state index < -0.39 is 23.3 Å². The topological polar surface area (TPSA) is 126 Å². The van der Waals surface area contributed by atoms with Crippen LogP contribution in [0.1, 0.15) is 54.1 Å². The molecule has 1 amide bonds. The number of carbonyl (C=O) groups is 1. The molecule has 0 bridgehead atoms. The SMILES string of the molecule is CCCCCNCCCNC(=O)c1c(O)c2ncc(Cc3ccc(F)cc3)c3c2n(c1=O)CC(CO)O3. The average molecular weight is 513 g/mol. The maximum absolute atomic E-state index is 13.4. The van der Waals surface area contributed by atoms with Crippen molar-refractivity contribution in [2.45, 2.75) is 51.7 Å². The summed E-state index contributed by atoms with van der Waals surface area (Å²) < 4.78 is 20.6. The third-order valence-electron chi connectivity index (χ3n) is 6.45. The van der Waals surface area contributed by atoms with Gasteiger partial charge in [-0.15, -0.1) is 0 Å². The summed E-state index contributed by atoms with van der Waals surface area (Å²) in [5, 5.41) is 26.8. The van der Waals surface area contributed by atoms with E-state index in [2.05, 4.69) is 22.5 Å². The highest BCUT2D eigenvalue weighted by molar-refractivity contribution is 6.02. The first-order chi connectivity index (χ1) is 17.9.